The second kappa shape index (κ2) is 10.9. The SMILES string of the molecule is CN=C(NCCc1nc(C(C)C)no1)N(C)Cc1ccc(Cl)c(Cl)c1.I. The van der Waals surface area contributed by atoms with Crippen molar-refractivity contribution in [2.45, 2.75) is 32.7 Å². The van der Waals surface area contributed by atoms with Gasteiger partial charge < -0.3 is 14.7 Å². The maximum atomic E-state index is 6.07. The zero-order valence-corrected chi connectivity index (χ0v) is 19.1. The van der Waals surface area contributed by atoms with Crippen LogP contribution in [-0.4, -0.2) is 41.6 Å². The molecule has 0 fully saturated rings. The van der Waals surface area contributed by atoms with Crippen molar-refractivity contribution in [2.24, 2.45) is 4.99 Å². The minimum atomic E-state index is 0. The fraction of sp³-hybridized carbons (Fsp3) is 0.471. The Balaban J connectivity index is 0.00000338. The highest BCUT2D eigenvalue weighted by Crippen LogP contribution is 2.23. The Labute approximate surface area is 181 Å². The highest BCUT2D eigenvalue weighted by atomic mass is 127. The standard InChI is InChI=1S/C17H23Cl2N5O.HI/c1-11(2)16-22-15(25-23-16)7-8-21-17(20-3)24(4)10-12-5-6-13(18)14(19)9-12;/h5-6,9,11H,7-8,10H2,1-4H3,(H,20,21);1H. The lowest BCUT2D eigenvalue weighted by atomic mass is 10.2. The molecule has 1 aromatic carbocycles. The molecular weight excluding hydrogens is 488 g/mol. The Bertz CT molecular complexity index is 736. The average molecular weight is 512 g/mol. The zero-order chi connectivity index (χ0) is 18.4. The van der Waals surface area contributed by atoms with Gasteiger partial charge in [0.1, 0.15) is 0 Å². The summed E-state index contributed by atoms with van der Waals surface area (Å²) in [4.78, 5) is 10.7. The molecule has 0 aliphatic heterocycles. The molecule has 1 N–H and O–H groups in total. The van der Waals surface area contributed by atoms with Gasteiger partial charge in [0.15, 0.2) is 11.8 Å². The van der Waals surface area contributed by atoms with Crippen molar-refractivity contribution in [3.63, 3.8) is 0 Å². The summed E-state index contributed by atoms with van der Waals surface area (Å²) < 4.78 is 5.24. The van der Waals surface area contributed by atoms with Gasteiger partial charge in [-0.25, -0.2) is 0 Å². The normalized spacial score (nSPS) is 11.4. The van der Waals surface area contributed by atoms with Crippen LogP contribution in [0.1, 0.15) is 37.0 Å². The number of guanidine groups is 1. The van der Waals surface area contributed by atoms with Gasteiger partial charge in [-0.3, -0.25) is 4.99 Å². The van der Waals surface area contributed by atoms with Crippen LogP contribution in [0.5, 0.6) is 0 Å². The summed E-state index contributed by atoms with van der Waals surface area (Å²) in [5.74, 6) is 2.39. The first kappa shape index (κ1) is 23.0. The van der Waals surface area contributed by atoms with Gasteiger partial charge in [0.25, 0.3) is 0 Å². The van der Waals surface area contributed by atoms with Gasteiger partial charge in [-0.1, -0.05) is 48.3 Å². The number of nitrogens with zero attached hydrogens (tertiary/aromatic N) is 4. The molecule has 0 aliphatic carbocycles. The third-order valence-corrected chi connectivity index (χ3v) is 4.34. The molecule has 0 atom stereocenters. The average Bonchev–Trinajstić information content (AvgIpc) is 3.04. The van der Waals surface area contributed by atoms with Crippen molar-refractivity contribution >= 4 is 53.1 Å². The largest absolute Gasteiger partial charge is 0.356 e. The highest BCUT2D eigenvalue weighted by molar-refractivity contribution is 14.0. The number of halogens is 3. The van der Waals surface area contributed by atoms with Crippen molar-refractivity contribution < 1.29 is 4.52 Å². The lowest BCUT2D eigenvalue weighted by molar-refractivity contribution is 0.370. The Morgan fingerprint density at radius 1 is 1.31 bits per heavy atom. The van der Waals surface area contributed by atoms with Crippen LogP contribution in [0.3, 0.4) is 0 Å². The number of rotatable bonds is 6. The van der Waals surface area contributed by atoms with Crippen LogP contribution in [0.4, 0.5) is 0 Å². The minimum absolute atomic E-state index is 0. The van der Waals surface area contributed by atoms with Crippen LogP contribution in [-0.2, 0) is 13.0 Å². The maximum absolute atomic E-state index is 6.07. The first-order chi connectivity index (χ1) is 11.9. The summed E-state index contributed by atoms with van der Waals surface area (Å²) >= 11 is 12.0. The highest BCUT2D eigenvalue weighted by Gasteiger charge is 2.11. The molecule has 0 saturated heterocycles. The maximum Gasteiger partial charge on any atom is 0.228 e. The number of aromatic nitrogens is 2. The molecule has 144 valence electrons. The van der Waals surface area contributed by atoms with E-state index in [9.17, 15) is 0 Å². The molecule has 0 radical (unpaired) electrons. The Morgan fingerprint density at radius 2 is 2.04 bits per heavy atom. The predicted octanol–water partition coefficient (Wildman–Crippen LogP) is 4.37. The number of nitrogens with one attached hydrogen (secondary N) is 1. The molecule has 0 spiro atoms. The quantitative estimate of drug-likeness (QED) is 0.354. The number of hydrogen-bond acceptors (Lipinski definition) is 4. The van der Waals surface area contributed by atoms with Crippen molar-refractivity contribution in [2.75, 3.05) is 20.6 Å². The van der Waals surface area contributed by atoms with E-state index in [0.29, 0.717) is 35.4 Å². The van der Waals surface area contributed by atoms with Gasteiger partial charge >= 0.3 is 0 Å². The molecule has 26 heavy (non-hydrogen) atoms. The second-order valence-corrected chi connectivity index (χ2v) is 6.84. The summed E-state index contributed by atoms with van der Waals surface area (Å²) in [7, 11) is 3.71. The molecule has 6 nitrogen and oxygen atoms in total. The lowest BCUT2D eigenvalue weighted by Crippen LogP contribution is -2.39. The van der Waals surface area contributed by atoms with E-state index in [1.165, 1.54) is 0 Å². The van der Waals surface area contributed by atoms with Gasteiger partial charge in [0.2, 0.25) is 5.89 Å². The fourth-order valence-electron chi connectivity index (χ4n) is 2.26. The van der Waals surface area contributed by atoms with E-state index in [0.717, 1.165) is 17.3 Å². The molecule has 0 saturated carbocycles. The third kappa shape index (κ3) is 6.59. The van der Waals surface area contributed by atoms with E-state index in [2.05, 4.69) is 20.4 Å². The van der Waals surface area contributed by atoms with E-state index in [1.807, 2.05) is 37.9 Å². The van der Waals surface area contributed by atoms with Gasteiger partial charge in [0, 0.05) is 39.5 Å². The second-order valence-electron chi connectivity index (χ2n) is 6.03. The first-order valence-electron chi connectivity index (χ1n) is 8.09. The summed E-state index contributed by atoms with van der Waals surface area (Å²) in [6.45, 7) is 5.38. The van der Waals surface area contributed by atoms with E-state index in [1.54, 1.807) is 13.1 Å². The molecule has 9 heteroatoms. The smallest absolute Gasteiger partial charge is 0.228 e. The Kier molecular flexibility index (Phi) is 9.67. The number of hydrogen-bond donors (Lipinski definition) is 1. The minimum Gasteiger partial charge on any atom is -0.356 e. The molecule has 0 amide bonds. The zero-order valence-electron chi connectivity index (χ0n) is 15.3. The summed E-state index contributed by atoms with van der Waals surface area (Å²) in [6, 6.07) is 5.61. The van der Waals surface area contributed by atoms with Crippen LogP contribution in [0.2, 0.25) is 10.0 Å². The van der Waals surface area contributed by atoms with Crippen LogP contribution in [0, 0.1) is 0 Å². The molecule has 0 unspecified atom stereocenters. The van der Waals surface area contributed by atoms with Gasteiger partial charge in [-0.2, -0.15) is 4.98 Å². The molecular formula is C17H24Cl2IN5O. The summed E-state index contributed by atoms with van der Waals surface area (Å²) in [5, 5.41) is 8.35. The third-order valence-electron chi connectivity index (χ3n) is 3.60. The van der Waals surface area contributed by atoms with Crippen molar-refractivity contribution in [1.29, 1.82) is 0 Å². The Hall–Kier alpha value is -1.06. The lowest BCUT2D eigenvalue weighted by Gasteiger charge is -2.22. The predicted molar refractivity (Wildman–Crippen MR) is 117 cm³/mol. The first-order valence-corrected chi connectivity index (χ1v) is 8.84. The molecule has 2 aromatic rings. The molecule has 0 aliphatic rings. The van der Waals surface area contributed by atoms with Crippen molar-refractivity contribution in [3.05, 3.63) is 45.5 Å². The van der Waals surface area contributed by atoms with Crippen LogP contribution in [0.15, 0.2) is 27.7 Å². The fourth-order valence-corrected chi connectivity index (χ4v) is 2.58. The van der Waals surface area contributed by atoms with Crippen LogP contribution < -0.4 is 5.32 Å². The Morgan fingerprint density at radius 3 is 2.62 bits per heavy atom. The van der Waals surface area contributed by atoms with Gasteiger partial charge in [-0.05, 0) is 17.7 Å². The van der Waals surface area contributed by atoms with E-state index in [4.69, 9.17) is 27.7 Å². The molecule has 1 heterocycles. The van der Waals surface area contributed by atoms with E-state index in [-0.39, 0.29) is 29.9 Å². The van der Waals surface area contributed by atoms with Crippen LogP contribution >= 0.6 is 47.2 Å². The van der Waals surface area contributed by atoms with Crippen LogP contribution in [0.25, 0.3) is 0 Å². The van der Waals surface area contributed by atoms with E-state index >= 15 is 0 Å². The van der Waals surface area contributed by atoms with Crippen molar-refractivity contribution in [3.8, 4) is 0 Å². The molecule has 1 aromatic heterocycles. The van der Waals surface area contributed by atoms with Crippen molar-refractivity contribution in [1.82, 2.24) is 20.4 Å². The summed E-state index contributed by atoms with van der Waals surface area (Å²) in [6.07, 6.45) is 0.638. The number of benzene rings is 1. The van der Waals surface area contributed by atoms with E-state index < -0.39 is 0 Å². The molecule has 0 bridgehead atoms. The molecule has 2 rings (SSSR count). The topological polar surface area (TPSA) is 66.5 Å². The van der Waals surface area contributed by atoms with Gasteiger partial charge in [-0.15, -0.1) is 24.0 Å². The summed E-state index contributed by atoms with van der Waals surface area (Å²) in [5.41, 5.74) is 1.05. The number of aliphatic imine (C=N–C) groups is 1. The van der Waals surface area contributed by atoms with Gasteiger partial charge in [0.05, 0.1) is 10.0 Å². The monoisotopic (exact) mass is 511 g/mol.